The second-order valence-corrected chi connectivity index (χ2v) is 1.81. The van der Waals surface area contributed by atoms with Crippen LogP contribution in [0, 0.1) is 12.8 Å². The lowest BCUT2D eigenvalue weighted by molar-refractivity contribution is 0.203. The molecule has 0 aromatic rings. The van der Waals surface area contributed by atoms with Gasteiger partial charge in [-0.25, -0.2) is 0 Å². The molecular weight excluding hydrogens is 256 g/mol. The van der Waals surface area contributed by atoms with Crippen LogP contribution in [0.3, 0.4) is 0 Å². The maximum atomic E-state index is 4.89. The van der Waals surface area contributed by atoms with E-state index in [-0.39, 0.29) is 0 Å². The Labute approximate surface area is 138 Å². The van der Waals surface area contributed by atoms with Crippen molar-refractivity contribution in [2.24, 2.45) is 0 Å². The summed E-state index contributed by atoms with van der Waals surface area (Å²) in [5, 5.41) is 0. The van der Waals surface area contributed by atoms with Crippen molar-refractivity contribution in [2.75, 3.05) is 13.7 Å². The van der Waals surface area contributed by atoms with Gasteiger partial charge in [0.25, 0.3) is 0 Å². The van der Waals surface area contributed by atoms with Gasteiger partial charge in [0.05, 0.1) is 6.61 Å². The van der Waals surface area contributed by atoms with Gasteiger partial charge in [0, 0.05) is 7.11 Å². The predicted molar refractivity (Wildman–Crippen MR) is 107 cm³/mol. The minimum absolute atomic E-state index is 0.783. The Balaban J connectivity index is -0.0000000275. The summed E-state index contributed by atoms with van der Waals surface area (Å²) in [5.41, 5.74) is 1.25. The van der Waals surface area contributed by atoms with Gasteiger partial charge in [-0.1, -0.05) is 79.7 Å². The Morgan fingerprint density at radius 3 is 1.33 bits per heavy atom. The average molecular weight is 301 g/mol. The standard InChI is InChI=1S/C8H14O.4C2H6.C2H4.C2H2/c1-4-8(5-2)6-7-9-3;6*1-2/h4-5H,1,6-7H2,2-3H3;4*1-2H3;1-2H2;1-2H/b8-5+;;;;;;. The molecule has 0 fully saturated rings. The molecule has 0 aromatic carbocycles. The van der Waals surface area contributed by atoms with Crippen molar-refractivity contribution in [2.45, 2.75) is 68.7 Å². The molecular formula is C20H44O. The van der Waals surface area contributed by atoms with E-state index in [2.05, 4.69) is 32.6 Å². The Hall–Kier alpha value is -1.26. The van der Waals surface area contributed by atoms with Crippen LogP contribution in [-0.2, 0) is 4.74 Å². The summed E-state index contributed by atoms with van der Waals surface area (Å²) in [6, 6.07) is 0. The molecule has 0 bridgehead atoms. The maximum Gasteiger partial charge on any atom is 0.0502 e. The van der Waals surface area contributed by atoms with E-state index in [9.17, 15) is 0 Å². The fourth-order valence-electron chi connectivity index (χ4n) is 0.584. The van der Waals surface area contributed by atoms with E-state index in [1.54, 1.807) is 7.11 Å². The van der Waals surface area contributed by atoms with Crippen molar-refractivity contribution in [1.82, 2.24) is 0 Å². The van der Waals surface area contributed by atoms with Gasteiger partial charge in [-0.15, -0.1) is 26.0 Å². The van der Waals surface area contributed by atoms with Gasteiger partial charge in [-0.3, -0.25) is 0 Å². The van der Waals surface area contributed by atoms with E-state index < -0.39 is 0 Å². The molecule has 1 heteroatoms. The summed E-state index contributed by atoms with van der Waals surface area (Å²) in [5.74, 6) is 0. The molecule has 21 heavy (non-hydrogen) atoms. The zero-order chi connectivity index (χ0) is 19.1. The van der Waals surface area contributed by atoms with Gasteiger partial charge < -0.3 is 4.74 Å². The van der Waals surface area contributed by atoms with Crippen LogP contribution in [0.1, 0.15) is 68.7 Å². The number of methoxy groups -OCH3 is 1. The Bertz CT molecular complexity index is 143. The summed E-state index contributed by atoms with van der Waals surface area (Å²) in [4.78, 5) is 0. The Morgan fingerprint density at radius 1 is 0.905 bits per heavy atom. The molecule has 0 heterocycles. The first-order chi connectivity index (χ1) is 10.3. The van der Waals surface area contributed by atoms with Crippen molar-refractivity contribution in [3.63, 3.8) is 0 Å². The molecule has 0 aliphatic rings. The minimum Gasteiger partial charge on any atom is -0.384 e. The van der Waals surface area contributed by atoms with Gasteiger partial charge in [-0.2, -0.15) is 0 Å². The first-order valence-corrected chi connectivity index (χ1v) is 7.95. The molecule has 0 aromatic heterocycles. The second kappa shape index (κ2) is 130. The van der Waals surface area contributed by atoms with Crippen molar-refractivity contribution < 1.29 is 4.74 Å². The first kappa shape index (κ1) is 42.7. The average Bonchev–Trinajstić information content (AvgIpc) is 2.66. The fourth-order valence-corrected chi connectivity index (χ4v) is 0.584. The molecule has 0 aliphatic carbocycles. The predicted octanol–water partition coefficient (Wildman–Crippen LogP) is 7.31. The largest absolute Gasteiger partial charge is 0.384 e. The lowest BCUT2D eigenvalue weighted by Crippen LogP contribution is -1.88. The third-order valence-electron chi connectivity index (χ3n) is 1.23. The second-order valence-electron chi connectivity index (χ2n) is 1.81. The highest BCUT2D eigenvalue weighted by Crippen LogP contribution is 2.00. The summed E-state index contributed by atoms with van der Waals surface area (Å²) in [6.07, 6.45) is 12.9. The van der Waals surface area contributed by atoms with E-state index in [0.29, 0.717) is 0 Å². The zero-order valence-corrected chi connectivity index (χ0v) is 16.8. The summed E-state index contributed by atoms with van der Waals surface area (Å²) in [6.45, 7) is 28.5. The third-order valence-corrected chi connectivity index (χ3v) is 1.23. The normalized spacial score (nSPS) is 6.38. The van der Waals surface area contributed by atoms with Crippen LogP contribution in [0.15, 0.2) is 37.5 Å². The summed E-state index contributed by atoms with van der Waals surface area (Å²) >= 11 is 0. The molecule has 0 aliphatic heterocycles. The minimum atomic E-state index is 0.783. The van der Waals surface area contributed by atoms with Crippen molar-refractivity contribution in [3.05, 3.63) is 37.5 Å². The molecule has 0 amide bonds. The van der Waals surface area contributed by atoms with Crippen LogP contribution < -0.4 is 0 Å². The van der Waals surface area contributed by atoms with Gasteiger partial charge in [-0.05, 0) is 13.3 Å². The van der Waals surface area contributed by atoms with Crippen LogP contribution >= 0.6 is 0 Å². The molecule has 0 saturated heterocycles. The molecule has 0 spiro atoms. The SMILES string of the molecule is C#C.C=C.C=C/C(=C\C)CCOC.CC.CC.CC.CC. The topological polar surface area (TPSA) is 9.23 Å². The zero-order valence-electron chi connectivity index (χ0n) is 16.8. The molecule has 0 rings (SSSR count). The lowest BCUT2D eigenvalue weighted by Gasteiger charge is -1.97. The van der Waals surface area contributed by atoms with E-state index in [1.807, 2.05) is 74.5 Å². The van der Waals surface area contributed by atoms with Crippen LogP contribution in [0.4, 0.5) is 0 Å². The van der Waals surface area contributed by atoms with Gasteiger partial charge in [0.2, 0.25) is 0 Å². The highest BCUT2D eigenvalue weighted by molar-refractivity contribution is 5.14. The fraction of sp³-hybridized carbons (Fsp3) is 0.600. The van der Waals surface area contributed by atoms with Crippen molar-refractivity contribution in [3.8, 4) is 12.8 Å². The number of allylic oxidation sites excluding steroid dienone is 2. The number of terminal acetylenes is 1. The molecule has 0 N–H and O–H groups in total. The van der Waals surface area contributed by atoms with E-state index in [4.69, 9.17) is 4.74 Å². The van der Waals surface area contributed by atoms with Gasteiger partial charge >= 0.3 is 0 Å². The highest BCUT2D eigenvalue weighted by Gasteiger charge is 1.86. The van der Waals surface area contributed by atoms with Gasteiger partial charge in [0.1, 0.15) is 0 Å². The molecule has 0 atom stereocenters. The molecule has 130 valence electrons. The van der Waals surface area contributed by atoms with Crippen LogP contribution in [0.5, 0.6) is 0 Å². The number of hydrogen-bond acceptors (Lipinski definition) is 1. The Morgan fingerprint density at radius 2 is 1.19 bits per heavy atom. The molecule has 1 nitrogen and oxygen atoms in total. The van der Waals surface area contributed by atoms with Gasteiger partial charge in [0.15, 0.2) is 0 Å². The number of hydrogen-bond donors (Lipinski definition) is 0. The van der Waals surface area contributed by atoms with Crippen LogP contribution in [0.2, 0.25) is 0 Å². The quantitative estimate of drug-likeness (QED) is 0.300. The number of rotatable bonds is 4. The smallest absolute Gasteiger partial charge is 0.0502 e. The van der Waals surface area contributed by atoms with Crippen LogP contribution in [-0.4, -0.2) is 13.7 Å². The summed E-state index contributed by atoms with van der Waals surface area (Å²) < 4.78 is 4.89. The molecule has 0 unspecified atom stereocenters. The maximum absolute atomic E-state index is 4.89. The molecule has 0 saturated carbocycles. The van der Waals surface area contributed by atoms with Crippen molar-refractivity contribution in [1.29, 1.82) is 0 Å². The number of ether oxygens (including phenoxy) is 1. The monoisotopic (exact) mass is 300 g/mol. The van der Waals surface area contributed by atoms with E-state index in [1.165, 1.54) is 5.57 Å². The third kappa shape index (κ3) is 116. The van der Waals surface area contributed by atoms with Crippen molar-refractivity contribution >= 4 is 0 Å². The Kier molecular flexibility index (Phi) is 264. The highest BCUT2D eigenvalue weighted by atomic mass is 16.5. The van der Waals surface area contributed by atoms with Crippen LogP contribution in [0.25, 0.3) is 0 Å². The van der Waals surface area contributed by atoms with E-state index >= 15 is 0 Å². The summed E-state index contributed by atoms with van der Waals surface area (Å²) in [7, 11) is 1.70. The first-order valence-electron chi connectivity index (χ1n) is 7.95. The van der Waals surface area contributed by atoms with E-state index in [0.717, 1.165) is 13.0 Å². The lowest BCUT2D eigenvalue weighted by atomic mass is 10.2. The molecule has 0 radical (unpaired) electrons.